The maximum atomic E-state index is 12.3. The molecule has 1 amide bonds. The summed E-state index contributed by atoms with van der Waals surface area (Å²) in [4.78, 5) is 17.2. The summed E-state index contributed by atoms with van der Waals surface area (Å²) < 4.78 is 2.01. The standard InChI is InChI=1S/C24H32N4O/c1-16-20(12-13-21(29)25-15-14-19-10-8-7-9-11-19)17(2)26-23-22(16)18(3)27-28(23)24(4,5)6/h7-11H,12-15H2,1-6H3,(H,25,29). The Morgan fingerprint density at radius 3 is 2.38 bits per heavy atom. The van der Waals surface area contributed by atoms with Gasteiger partial charge in [0.05, 0.1) is 11.2 Å². The molecule has 29 heavy (non-hydrogen) atoms. The molecule has 0 radical (unpaired) electrons. The van der Waals surface area contributed by atoms with Gasteiger partial charge in [-0.2, -0.15) is 5.10 Å². The number of hydrogen-bond donors (Lipinski definition) is 1. The smallest absolute Gasteiger partial charge is 0.220 e. The van der Waals surface area contributed by atoms with Gasteiger partial charge in [0.25, 0.3) is 0 Å². The van der Waals surface area contributed by atoms with Crippen molar-refractivity contribution in [3.05, 3.63) is 58.4 Å². The zero-order chi connectivity index (χ0) is 21.2. The van der Waals surface area contributed by atoms with Crippen molar-refractivity contribution in [1.82, 2.24) is 20.1 Å². The van der Waals surface area contributed by atoms with Gasteiger partial charge in [0.2, 0.25) is 5.91 Å². The van der Waals surface area contributed by atoms with E-state index in [1.54, 1.807) is 0 Å². The Balaban J connectivity index is 1.70. The molecule has 0 spiro atoms. The van der Waals surface area contributed by atoms with Crippen LogP contribution in [0.1, 0.15) is 55.3 Å². The number of aromatic nitrogens is 3. The van der Waals surface area contributed by atoms with Gasteiger partial charge in [0.1, 0.15) is 0 Å². The van der Waals surface area contributed by atoms with Crippen molar-refractivity contribution in [2.75, 3.05) is 6.54 Å². The lowest BCUT2D eigenvalue weighted by molar-refractivity contribution is -0.121. The number of rotatable bonds is 6. The molecule has 0 aliphatic rings. The van der Waals surface area contributed by atoms with Crippen molar-refractivity contribution in [2.45, 2.75) is 66.3 Å². The molecule has 0 unspecified atom stereocenters. The molecular formula is C24H32N4O. The predicted molar refractivity (Wildman–Crippen MR) is 118 cm³/mol. The van der Waals surface area contributed by atoms with Crippen LogP contribution in [-0.2, 0) is 23.2 Å². The van der Waals surface area contributed by atoms with E-state index < -0.39 is 0 Å². The molecular weight excluding hydrogens is 360 g/mol. The zero-order valence-electron chi connectivity index (χ0n) is 18.5. The SMILES string of the molecule is Cc1nc2c(c(C)nn2C(C)(C)C)c(C)c1CCC(=O)NCCc1ccccc1. The lowest BCUT2D eigenvalue weighted by atomic mass is 9.99. The molecule has 154 valence electrons. The lowest BCUT2D eigenvalue weighted by Crippen LogP contribution is -2.26. The van der Waals surface area contributed by atoms with Gasteiger partial charge in [-0.1, -0.05) is 30.3 Å². The van der Waals surface area contributed by atoms with Crippen molar-refractivity contribution >= 4 is 16.9 Å². The highest BCUT2D eigenvalue weighted by atomic mass is 16.1. The Hall–Kier alpha value is -2.69. The molecule has 0 saturated heterocycles. The van der Waals surface area contributed by atoms with Gasteiger partial charge in [-0.15, -0.1) is 0 Å². The van der Waals surface area contributed by atoms with E-state index in [0.29, 0.717) is 19.4 Å². The molecule has 0 aliphatic heterocycles. The number of nitrogens with zero attached hydrogens (tertiary/aromatic N) is 3. The van der Waals surface area contributed by atoms with Crippen LogP contribution in [0.5, 0.6) is 0 Å². The van der Waals surface area contributed by atoms with E-state index in [1.165, 1.54) is 11.1 Å². The third kappa shape index (κ3) is 4.66. The number of nitrogens with one attached hydrogen (secondary N) is 1. The second kappa shape index (κ2) is 8.36. The molecule has 3 aromatic rings. The summed E-state index contributed by atoms with van der Waals surface area (Å²) in [5.41, 5.74) is 6.37. The Bertz CT molecular complexity index is 1010. The van der Waals surface area contributed by atoms with E-state index in [1.807, 2.05) is 36.7 Å². The quantitative estimate of drug-likeness (QED) is 0.676. The molecule has 2 heterocycles. The molecule has 1 N–H and O–H groups in total. The van der Waals surface area contributed by atoms with Gasteiger partial charge in [-0.3, -0.25) is 4.79 Å². The van der Waals surface area contributed by atoms with Crippen LogP contribution < -0.4 is 5.32 Å². The van der Waals surface area contributed by atoms with Crippen LogP contribution in [0.4, 0.5) is 0 Å². The van der Waals surface area contributed by atoms with Gasteiger partial charge in [0, 0.05) is 24.0 Å². The number of hydrogen-bond acceptors (Lipinski definition) is 3. The van der Waals surface area contributed by atoms with E-state index in [0.717, 1.165) is 34.4 Å². The Morgan fingerprint density at radius 1 is 1.03 bits per heavy atom. The Labute approximate surface area is 173 Å². The average molecular weight is 393 g/mol. The summed E-state index contributed by atoms with van der Waals surface area (Å²) in [5, 5.41) is 8.90. The minimum absolute atomic E-state index is 0.0851. The molecule has 0 fully saturated rings. The van der Waals surface area contributed by atoms with Crippen molar-refractivity contribution in [2.24, 2.45) is 0 Å². The predicted octanol–water partition coefficient (Wildman–Crippen LogP) is 4.40. The number of fused-ring (bicyclic) bond motifs is 1. The first-order valence-corrected chi connectivity index (χ1v) is 10.3. The minimum atomic E-state index is -0.126. The third-order valence-electron chi connectivity index (χ3n) is 5.39. The van der Waals surface area contributed by atoms with Crippen molar-refractivity contribution in [3.8, 4) is 0 Å². The van der Waals surface area contributed by atoms with Gasteiger partial charge < -0.3 is 5.32 Å². The van der Waals surface area contributed by atoms with Crippen LogP contribution in [0.3, 0.4) is 0 Å². The molecule has 3 rings (SSSR count). The second-order valence-electron chi connectivity index (χ2n) is 8.75. The molecule has 5 nitrogen and oxygen atoms in total. The number of carbonyl (C=O) groups is 1. The van der Waals surface area contributed by atoms with Gasteiger partial charge in [0.15, 0.2) is 5.65 Å². The first kappa shape index (κ1) is 21.0. The Kier molecular flexibility index (Phi) is 6.06. The maximum Gasteiger partial charge on any atom is 0.220 e. The summed E-state index contributed by atoms with van der Waals surface area (Å²) in [6.45, 7) is 13.3. The number of pyridine rings is 1. The second-order valence-corrected chi connectivity index (χ2v) is 8.75. The molecule has 0 bridgehead atoms. The first-order chi connectivity index (χ1) is 13.7. The van der Waals surface area contributed by atoms with E-state index in [-0.39, 0.29) is 11.4 Å². The number of aryl methyl sites for hydroxylation is 3. The fourth-order valence-electron chi connectivity index (χ4n) is 3.86. The summed E-state index contributed by atoms with van der Waals surface area (Å²) >= 11 is 0. The monoisotopic (exact) mass is 392 g/mol. The summed E-state index contributed by atoms with van der Waals surface area (Å²) in [6, 6.07) is 10.2. The Morgan fingerprint density at radius 2 is 1.72 bits per heavy atom. The van der Waals surface area contributed by atoms with Crippen molar-refractivity contribution in [1.29, 1.82) is 0 Å². The van der Waals surface area contributed by atoms with Gasteiger partial charge in [-0.25, -0.2) is 9.67 Å². The normalized spacial score (nSPS) is 11.8. The van der Waals surface area contributed by atoms with Crippen molar-refractivity contribution in [3.63, 3.8) is 0 Å². The average Bonchev–Trinajstić information content (AvgIpc) is 2.99. The fourth-order valence-corrected chi connectivity index (χ4v) is 3.86. The van der Waals surface area contributed by atoms with Gasteiger partial charge in [-0.05, 0) is 71.1 Å². The molecule has 0 saturated carbocycles. The molecule has 0 aliphatic carbocycles. The summed E-state index contributed by atoms with van der Waals surface area (Å²) in [6.07, 6.45) is 2.01. The van der Waals surface area contributed by atoms with Crippen LogP contribution in [0, 0.1) is 20.8 Å². The van der Waals surface area contributed by atoms with E-state index in [4.69, 9.17) is 10.1 Å². The minimum Gasteiger partial charge on any atom is -0.356 e. The highest BCUT2D eigenvalue weighted by Gasteiger charge is 2.23. The lowest BCUT2D eigenvalue weighted by Gasteiger charge is -2.20. The summed E-state index contributed by atoms with van der Waals surface area (Å²) in [7, 11) is 0. The van der Waals surface area contributed by atoms with E-state index in [9.17, 15) is 4.79 Å². The van der Waals surface area contributed by atoms with Gasteiger partial charge >= 0.3 is 0 Å². The third-order valence-corrected chi connectivity index (χ3v) is 5.39. The molecule has 5 heteroatoms. The van der Waals surface area contributed by atoms with Crippen LogP contribution >= 0.6 is 0 Å². The molecule has 1 aromatic carbocycles. The van der Waals surface area contributed by atoms with Crippen molar-refractivity contribution < 1.29 is 4.79 Å². The maximum absolute atomic E-state index is 12.3. The van der Waals surface area contributed by atoms with Crippen LogP contribution in [0.15, 0.2) is 30.3 Å². The first-order valence-electron chi connectivity index (χ1n) is 10.3. The number of amides is 1. The largest absolute Gasteiger partial charge is 0.356 e. The summed E-state index contributed by atoms with van der Waals surface area (Å²) in [5.74, 6) is 0.0851. The van der Waals surface area contributed by atoms with E-state index >= 15 is 0 Å². The number of carbonyl (C=O) groups excluding carboxylic acids is 1. The fraction of sp³-hybridized carbons (Fsp3) is 0.458. The van der Waals surface area contributed by atoms with Crippen LogP contribution in [-0.4, -0.2) is 27.2 Å². The van der Waals surface area contributed by atoms with Crippen LogP contribution in [0.25, 0.3) is 11.0 Å². The van der Waals surface area contributed by atoms with Crippen LogP contribution in [0.2, 0.25) is 0 Å². The highest BCUT2D eigenvalue weighted by molar-refractivity contribution is 5.84. The zero-order valence-corrected chi connectivity index (χ0v) is 18.5. The topological polar surface area (TPSA) is 59.8 Å². The van der Waals surface area contributed by atoms with E-state index in [2.05, 4.69) is 45.1 Å². The molecule has 0 atom stereocenters. The highest BCUT2D eigenvalue weighted by Crippen LogP contribution is 2.29. The molecule has 2 aromatic heterocycles. The number of benzene rings is 1.